The Kier molecular flexibility index (Phi) is 6.21. The minimum Gasteiger partial charge on any atom is -0.378 e. The van der Waals surface area contributed by atoms with Crippen LogP contribution in [-0.4, -0.2) is 31.7 Å². The van der Waals surface area contributed by atoms with E-state index >= 15 is 0 Å². The van der Waals surface area contributed by atoms with Crippen molar-refractivity contribution < 1.29 is 9.53 Å². The van der Waals surface area contributed by atoms with Gasteiger partial charge in [-0.15, -0.1) is 0 Å². The van der Waals surface area contributed by atoms with Gasteiger partial charge in [0, 0.05) is 6.42 Å². The average Bonchev–Trinajstić information content (AvgIpc) is 2.48. The van der Waals surface area contributed by atoms with Gasteiger partial charge in [-0.05, 0) is 45.3 Å². The van der Waals surface area contributed by atoms with Crippen molar-refractivity contribution in [3.63, 3.8) is 0 Å². The monoisotopic (exact) mass is 290 g/mol. The summed E-state index contributed by atoms with van der Waals surface area (Å²) in [6.07, 6.45) is 2.83. The Hall–Kier alpha value is -1.39. The first-order chi connectivity index (χ1) is 10.1. The standard InChI is InChI=1S/C17H26N2O2/c1-13-4-3-5-15(12-13)14(2)19-17(20)8-11-21-16-6-9-18-10-7-16/h3-5,12,14,16,18H,6-11H2,1-2H3,(H,19,20)/t14-/m0/s1. The third-order valence-electron chi connectivity index (χ3n) is 3.89. The molecule has 1 aromatic carbocycles. The lowest BCUT2D eigenvalue weighted by atomic mass is 10.1. The van der Waals surface area contributed by atoms with E-state index in [1.807, 2.05) is 19.1 Å². The first-order valence-corrected chi connectivity index (χ1v) is 7.83. The van der Waals surface area contributed by atoms with E-state index in [1.54, 1.807) is 0 Å². The number of nitrogens with one attached hydrogen (secondary N) is 2. The number of carbonyl (C=O) groups excluding carboxylic acids is 1. The van der Waals surface area contributed by atoms with Crippen LogP contribution >= 0.6 is 0 Å². The predicted molar refractivity (Wildman–Crippen MR) is 84.2 cm³/mol. The molecule has 1 fully saturated rings. The van der Waals surface area contributed by atoms with Crippen LogP contribution in [0.5, 0.6) is 0 Å². The molecule has 0 radical (unpaired) electrons. The van der Waals surface area contributed by atoms with E-state index in [1.165, 1.54) is 5.56 Å². The van der Waals surface area contributed by atoms with Crippen molar-refractivity contribution in [2.75, 3.05) is 19.7 Å². The van der Waals surface area contributed by atoms with Crippen molar-refractivity contribution in [3.05, 3.63) is 35.4 Å². The van der Waals surface area contributed by atoms with Crippen LogP contribution in [0.1, 0.15) is 43.4 Å². The van der Waals surface area contributed by atoms with E-state index in [9.17, 15) is 4.79 Å². The Morgan fingerprint density at radius 1 is 1.43 bits per heavy atom. The number of rotatable bonds is 6. The maximum absolute atomic E-state index is 11.9. The van der Waals surface area contributed by atoms with Crippen LogP contribution in [0.2, 0.25) is 0 Å². The molecule has 2 rings (SSSR count). The summed E-state index contributed by atoms with van der Waals surface area (Å²) in [5, 5.41) is 6.33. The zero-order valence-corrected chi connectivity index (χ0v) is 13.0. The van der Waals surface area contributed by atoms with E-state index in [0.29, 0.717) is 19.1 Å². The highest BCUT2D eigenvalue weighted by Crippen LogP contribution is 2.14. The fourth-order valence-corrected chi connectivity index (χ4v) is 2.62. The van der Waals surface area contributed by atoms with Gasteiger partial charge < -0.3 is 15.4 Å². The predicted octanol–water partition coefficient (Wildman–Crippen LogP) is 2.33. The molecule has 1 saturated heterocycles. The Bertz CT molecular complexity index is 456. The van der Waals surface area contributed by atoms with Gasteiger partial charge >= 0.3 is 0 Å². The number of carbonyl (C=O) groups is 1. The lowest BCUT2D eigenvalue weighted by Gasteiger charge is -2.23. The van der Waals surface area contributed by atoms with Crippen LogP contribution in [0.4, 0.5) is 0 Å². The molecule has 1 heterocycles. The molecule has 4 nitrogen and oxygen atoms in total. The fourth-order valence-electron chi connectivity index (χ4n) is 2.62. The third-order valence-corrected chi connectivity index (χ3v) is 3.89. The minimum atomic E-state index is 0.0382. The van der Waals surface area contributed by atoms with E-state index in [0.717, 1.165) is 31.5 Å². The summed E-state index contributed by atoms with van der Waals surface area (Å²) in [6.45, 7) is 6.62. The molecule has 116 valence electrons. The van der Waals surface area contributed by atoms with Crippen LogP contribution in [0.25, 0.3) is 0 Å². The van der Waals surface area contributed by atoms with Crippen LogP contribution in [0.15, 0.2) is 24.3 Å². The molecule has 1 aliphatic heterocycles. The number of benzene rings is 1. The number of amides is 1. The summed E-state index contributed by atoms with van der Waals surface area (Å²) < 4.78 is 5.76. The van der Waals surface area contributed by atoms with Gasteiger partial charge in [-0.3, -0.25) is 4.79 Å². The molecule has 0 bridgehead atoms. The molecule has 0 saturated carbocycles. The zero-order chi connectivity index (χ0) is 15.1. The topological polar surface area (TPSA) is 50.4 Å². The molecule has 1 aliphatic rings. The van der Waals surface area contributed by atoms with Gasteiger partial charge in [0.1, 0.15) is 0 Å². The molecular formula is C17H26N2O2. The second-order valence-electron chi connectivity index (χ2n) is 5.77. The normalized spacial score (nSPS) is 17.4. The van der Waals surface area contributed by atoms with Gasteiger partial charge in [-0.1, -0.05) is 29.8 Å². The number of ether oxygens (including phenoxy) is 1. The molecule has 1 atom stereocenters. The maximum atomic E-state index is 11.9. The van der Waals surface area contributed by atoms with Crippen molar-refractivity contribution in [2.45, 2.75) is 45.3 Å². The van der Waals surface area contributed by atoms with Crippen molar-refractivity contribution in [3.8, 4) is 0 Å². The molecule has 0 aliphatic carbocycles. The van der Waals surface area contributed by atoms with Gasteiger partial charge in [-0.25, -0.2) is 0 Å². The van der Waals surface area contributed by atoms with Crippen LogP contribution < -0.4 is 10.6 Å². The van der Waals surface area contributed by atoms with Crippen LogP contribution in [-0.2, 0) is 9.53 Å². The Morgan fingerprint density at radius 2 is 2.19 bits per heavy atom. The van der Waals surface area contributed by atoms with Crippen molar-refractivity contribution in [1.82, 2.24) is 10.6 Å². The smallest absolute Gasteiger partial charge is 0.222 e. The molecular weight excluding hydrogens is 264 g/mol. The highest BCUT2D eigenvalue weighted by Gasteiger charge is 2.14. The van der Waals surface area contributed by atoms with Gasteiger partial charge in [0.25, 0.3) is 0 Å². The highest BCUT2D eigenvalue weighted by atomic mass is 16.5. The van der Waals surface area contributed by atoms with E-state index < -0.39 is 0 Å². The first-order valence-electron chi connectivity index (χ1n) is 7.83. The molecule has 4 heteroatoms. The van der Waals surface area contributed by atoms with Gasteiger partial charge in [-0.2, -0.15) is 0 Å². The Morgan fingerprint density at radius 3 is 2.90 bits per heavy atom. The maximum Gasteiger partial charge on any atom is 0.222 e. The van der Waals surface area contributed by atoms with Crippen LogP contribution in [0.3, 0.4) is 0 Å². The van der Waals surface area contributed by atoms with E-state index in [-0.39, 0.29) is 11.9 Å². The van der Waals surface area contributed by atoms with Crippen molar-refractivity contribution in [2.24, 2.45) is 0 Å². The average molecular weight is 290 g/mol. The first kappa shape index (κ1) is 16.0. The number of hydrogen-bond donors (Lipinski definition) is 2. The summed E-state index contributed by atoms with van der Waals surface area (Å²) in [4.78, 5) is 11.9. The molecule has 21 heavy (non-hydrogen) atoms. The Labute approximate surface area is 127 Å². The zero-order valence-electron chi connectivity index (χ0n) is 13.0. The second kappa shape index (κ2) is 8.15. The lowest BCUT2D eigenvalue weighted by molar-refractivity contribution is -0.123. The number of piperidine rings is 1. The minimum absolute atomic E-state index is 0.0382. The summed E-state index contributed by atoms with van der Waals surface area (Å²) >= 11 is 0. The molecule has 2 N–H and O–H groups in total. The molecule has 1 aromatic rings. The van der Waals surface area contributed by atoms with Gasteiger partial charge in [0.15, 0.2) is 0 Å². The Balaban J connectivity index is 1.69. The molecule has 0 spiro atoms. The molecule has 0 unspecified atom stereocenters. The summed E-state index contributed by atoms with van der Waals surface area (Å²) in [6, 6.07) is 8.27. The summed E-state index contributed by atoms with van der Waals surface area (Å²) in [5.74, 6) is 0.0536. The fraction of sp³-hybridized carbons (Fsp3) is 0.588. The third kappa shape index (κ3) is 5.48. The quantitative estimate of drug-likeness (QED) is 0.845. The summed E-state index contributed by atoms with van der Waals surface area (Å²) in [5.41, 5.74) is 2.35. The number of aryl methyl sites for hydroxylation is 1. The van der Waals surface area contributed by atoms with E-state index in [2.05, 4.69) is 29.7 Å². The summed E-state index contributed by atoms with van der Waals surface area (Å²) in [7, 11) is 0. The highest BCUT2D eigenvalue weighted by molar-refractivity contribution is 5.76. The van der Waals surface area contributed by atoms with Gasteiger partial charge in [0.2, 0.25) is 5.91 Å². The van der Waals surface area contributed by atoms with E-state index in [4.69, 9.17) is 4.74 Å². The lowest BCUT2D eigenvalue weighted by Crippen LogP contribution is -2.33. The van der Waals surface area contributed by atoms with Crippen LogP contribution in [0, 0.1) is 6.92 Å². The number of hydrogen-bond acceptors (Lipinski definition) is 3. The largest absolute Gasteiger partial charge is 0.378 e. The second-order valence-corrected chi connectivity index (χ2v) is 5.77. The van der Waals surface area contributed by atoms with Gasteiger partial charge in [0.05, 0.1) is 18.8 Å². The molecule has 0 aromatic heterocycles. The SMILES string of the molecule is Cc1cccc([C@H](C)NC(=O)CCOC2CCNCC2)c1. The molecule has 1 amide bonds. The van der Waals surface area contributed by atoms with Crippen molar-refractivity contribution in [1.29, 1.82) is 0 Å². The van der Waals surface area contributed by atoms with Crippen molar-refractivity contribution >= 4 is 5.91 Å².